The number of piperidine rings is 1. The summed E-state index contributed by atoms with van der Waals surface area (Å²) < 4.78 is 0. The number of nitriles is 1. The molecular weight excluding hydrogens is 318 g/mol. The summed E-state index contributed by atoms with van der Waals surface area (Å²) in [5, 5.41) is 9.00. The van der Waals surface area contributed by atoms with E-state index in [0.717, 1.165) is 31.7 Å². The number of carbonyl (C=O) groups excluding carboxylic acids is 2. The van der Waals surface area contributed by atoms with Crippen molar-refractivity contribution < 1.29 is 9.59 Å². The fourth-order valence-corrected chi connectivity index (χ4v) is 3.52. The molecule has 0 bridgehead atoms. The molecule has 0 saturated carbocycles. The first-order valence-electron chi connectivity index (χ1n) is 8.74. The van der Waals surface area contributed by atoms with Crippen LogP contribution in [-0.2, 0) is 9.59 Å². The normalized spacial score (nSPS) is 18.8. The average Bonchev–Trinajstić information content (AvgIpc) is 2.67. The van der Waals surface area contributed by atoms with Gasteiger partial charge < -0.3 is 14.7 Å². The number of anilines is 1. The molecule has 2 aliphatic rings. The molecule has 1 aromatic rings. The van der Waals surface area contributed by atoms with Crippen LogP contribution in [-0.4, -0.2) is 65.9 Å². The zero-order chi connectivity index (χ0) is 17.8. The van der Waals surface area contributed by atoms with Crippen molar-refractivity contribution in [2.45, 2.75) is 19.8 Å². The van der Waals surface area contributed by atoms with Crippen LogP contribution >= 0.6 is 0 Å². The highest BCUT2D eigenvalue weighted by Gasteiger charge is 2.31. The highest BCUT2D eigenvalue weighted by molar-refractivity contribution is 5.80. The van der Waals surface area contributed by atoms with Gasteiger partial charge in [0.1, 0.15) is 5.82 Å². The Morgan fingerprint density at radius 3 is 2.40 bits per heavy atom. The summed E-state index contributed by atoms with van der Waals surface area (Å²) in [5.41, 5.74) is 0.598. The lowest BCUT2D eigenvalue weighted by atomic mass is 9.95. The molecule has 0 spiro atoms. The maximum Gasteiger partial charge on any atom is 0.225 e. The molecule has 1 aromatic heterocycles. The van der Waals surface area contributed by atoms with E-state index in [-0.39, 0.29) is 17.7 Å². The van der Waals surface area contributed by atoms with Gasteiger partial charge in [0.15, 0.2) is 0 Å². The molecule has 0 unspecified atom stereocenters. The second-order valence-corrected chi connectivity index (χ2v) is 6.61. The predicted molar refractivity (Wildman–Crippen MR) is 92.7 cm³/mol. The maximum absolute atomic E-state index is 12.7. The zero-order valence-electron chi connectivity index (χ0n) is 14.5. The van der Waals surface area contributed by atoms with E-state index in [0.29, 0.717) is 31.7 Å². The number of aromatic nitrogens is 1. The third-order valence-corrected chi connectivity index (χ3v) is 5.08. The van der Waals surface area contributed by atoms with Gasteiger partial charge in [-0.1, -0.05) is 0 Å². The zero-order valence-corrected chi connectivity index (χ0v) is 14.5. The smallest absolute Gasteiger partial charge is 0.225 e. The van der Waals surface area contributed by atoms with Gasteiger partial charge in [-0.2, -0.15) is 5.26 Å². The van der Waals surface area contributed by atoms with E-state index in [4.69, 9.17) is 5.26 Å². The molecule has 2 fully saturated rings. The Bertz CT molecular complexity index is 683. The fraction of sp³-hybridized carbons (Fsp3) is 0.556. The topological polar surface area (TPSA) is 80.5 Å². The Hall–Kier alpha value is -2.62. The Balaban J connectivity index is 1.53. The molecule has 3 heterocycles. The number of likely N-dealkylation sites (tertiary alicyclic amines) is 1. The second-order valence-electron chi connectivity index (χ2n) is 6.61. The second kappa shape index (κ2) is 7.51. The molecule has 2 aliphatic heterocycles. The van der Waals surface area contributed by atoms with Gasteiger partial charge in [-0.05, 0) is 25.0 Å². The molecular formula is C18H23N5O2. The number of hydrogen-bond donors (Lipinski definition) is 0. The van der Waals surface area contributed by atoms with Crippen LogP contribution in [0, 0.1) is 17.2 Å². The Kier molecular flexibility index (Phi) is 5.17. The molecule has 2 saturated heterocycles. The summed E-state index contributed by atoms with van der Waals surface area (Å²) in [7, 11) is 0. The first-order valence-corrected chi connectivity index (χ1v) is 8.74. The van der Waals surface area contributed by atoms with Crippen LogP contribution < -0.4 is 4.90 Å². The third-order valence-electron chi connectivity index (χ3n) is 5.08. The van der Waals surface area contributed by atoms with Crippen molar-refractivity contribution >= 4 is 17.6 Å². The van der Waals surface area contributed by atoms with Crippen LogP contribution in [0.1, 0.15) is 25.3 Å². The fourth-order valence-electron chi connectivity index (χ4n) is 3.52. The van der Waals surface area contributed by atoms with Gasteiger partial charge in [-0.15, -0.1) is 0 Å². The van der Waals surface area contributed by atoms with Crippen LogP contribution in [0.5, 0.6) is 0 Å². The summed E-state index contributed by atoms with van der Waals surface area (Å²) in [5.74, 6) is 1.12. The number of hydrogen-bond acceptors (Lipinski definition) is 5. The predicted octanol–water partition coefficient (Wildman–Crippen LogP) is 0.860. The Morgan fingerprint density at radius 1 is 1.12 bits per heavy atom. The standard InChI is InChI=1S/C18H23N5O2/c1-14(24)21-6-3-16(4-7-21)18(25)23-10-8-22(9-11-23)17-12-15(13-19)2-5-20-17/h2,5,12,16H,3-4,6-11H2,1H3. The van der Waals surface area contributed by atoms with Crippen molar-refractivity contribution in [2.75, 3.05) is 44.2 Å². The number of rotatable bonds is 2. The number of pyridine rings is 1. The van der Waals surface area contributed by atoms with Gasteiger partial charge >= 0.3 is 0 Å². The SMILES string of the molecule is CC(=O)N1CCC(C(=O)N2CCN(c3cc(C#N)ccn3)CC2)CC1. The van der Waals surface area contributed by atoms with Gasteiger partial charge in [0, 0.05) is 58.3 Å². The number of nitrogens with zero attached hydrogens (tertiary/aromatic N) is 5. The van der Waals surface area contributed by atoms with Gasteiger partial charge in [-0.25, -0.2) is 4.98 Å². The lowest BCUT2D eigenvalue weighted by molar-refractivity contribution is -0.140. The van der Waals surface area contributed by atoms with Gasteiger partial charge in [0.25, 0.3) is 0 Å². The quantitative estimate of drug-likeness (QED) is 0.797. The van der Waals surface area contributed by atoms with E-state index in [1.165, 1.54) is 0 Å². The number of carbonyl (C=O) groups is 2. The van der Waals surface area contributed by atoms with Crippen molar-refractivity contribution in [1.82, 2.24) is 14.8 Å². The Labute approximate surface area is 147 Å². The van der Waals surface area contributed by atoms with Gasteiger partial charge in [0.05, 0.1) is 11.6 Å². The molecule has 0 atom stereocenters. The van der Waals surface area contributed by atoms with E-state index in [9.17, 15) is 9.59 Å². The molecule has 0 radical (unpaired) electrons. The highest BCUT2D eigenvalue weighted by Crippen LogP contribution is 2.22. The number of piperazine rings is 1. The van der Waals surface area contributed by atoms with Gasteiger partial charge in [0.2, 0.25) is 11.8 Å². The monoisotopic (exact) mass is 341 g/mol. The van der Waals surface area contributed by atoms with Crippen LogP contribution in [0.2, 0.25) is 0 Å². The third kappa shape index (κ3) is 3.90. The van der Waals surface area contributed by atoms with E-state index in [1.807, 2.05) is 9.80 Å². The van der Waals surface area contributed by atoms with Crippen molar-refractivity contribution in [2.24, 2.45) is 5.92 Å². The van der Waals surface area contributed by atoms with Crippen molar-refractivity contribution in [3.63, 3.8) is 0 Å². The van der Waals surface area contributed by atoms with Crippen LogP contribution in [0.4, 0.5) is 5.82 Å². The summed E-state index contributed by atoms with van der Waals surface area (Å²) in [6.07, 6.45) is 3.16. The van der Waals surface area contributed by atoms with E-state index >= 15 is 0 Å². The largest absolute Gasteiger partial charge is 0.353 e. The first kappa shape index (κ1) is 17.2. The molecule has 3 rings (SSSR count). The molecule has 7 heteroatoms. The van der Waals surface area contributed by atoms with E-state index in [1.54, 1.807) is 25.3 Å². The molecule has 25 heavy (non-hydrogen) atoms. The van der Waals surface area contributed by atoms with Crippen LogP contribution in [0.3, 0.4) is 0 Å². The molecule has 132 valence electrons. The van der Waals surface area contributed by atoms with Crippen molar-refractivity contribution in [3.8, 4) is 6.07 Å². The minimum Gasteiger partial charge on any atom is -0.353 e. The van der Waals surface area contributed by atoms with E-state index < -0.39 is 0 Å². The lowest BCUT2D eigenvalue weighted by Gasteiger charge is -2.38. The Morgan fingerprint density at radius 2 is 1.80 bits per heavy atom. The minimum atomic E-state index is 0.0298. The molecule has 2 amide bonds. The molecule has 0 aliphatic carbocycles. The van der Waals surface area contributed by atoms with Crippen LogP contribution in [0.15, 0.2) is 18.3 Å². The van der Waals surface area contributed by atoms with Crippen LogP contribution in [0.25, 0.3) is 0 Å². The summed E-state index contributed by atoms with van der Waals surface area (Å²) in [4.78, 5) is 34.3. The first-order chi connectivity index (χ1) is 12.1. The maximum atomic E-state index is 12.7. The number of amides is 2. The summed E-state index contributed by atoms with van der Waals surface area (Å²) in [6, 6.07) is 5.61. The average molecular weight is 341 g/mol. The van der Waals surface area contributed by atoms with Gasteiger partial charge in [-0.3, -0.25) is 9.59 Å². The molecule has 7 nitrogen and oxygen atoms in total. The summed E-state index contributed by atoms with van der Waals surface area (Å²) >= 11 is 0. The minimum absolute atomic E-state index is 0.0298. The van der Waals surface area contributed by atoms with Crippen molar-refractivity contribution in [1.29, 1.82) is 5.26 Å². The highest BCUT2D eigenvalue weighted by atomic mass is 16.2. The molecule has 0 N–H and O–H groups in total. The summed E-state index contributed by atoms with van der Waals surface area (Å²) in [6.45, 7) is 5.72. The lowest BCUT2D eigenvalue weighted by Crippen LogP contribution is -2.52. The van der Waals surface area contributed by atoms with E-state index in [2.05, 4.69) is 16.0 Å². The molecule has 0 aromatic carbocycles. The van der Waals surface area contributed by atoms with Crippen molar-refractivity contribution in [3.05, 3.63) is 23.9 Å².